The van der Waals surface area contributed by atoms with E-state index in [1.165, 1.54) is 19.3 Å². The normalized spacial score (nSPS) is 15.3. The fraction of sp³-hybridized carbons (Fsp3) is 0.333. The van der Waals surface area contributed by atoms with Crippen LogP contribution in [0.4, 0.5) is 0 Å². The molecule has 2 aromatic carbocycles. The highest BCUT2D eigenvalue weighted by atomic mass is 35.5. The maximum Gasteiger partial charge on any atom is 0.227 e. The molecule has 4 nitrogen and oxygen atoms in total. The Morgan fingerprint density at radius 1 is 1.12 bits per heavy atom. The third kappa shape index (κ3) is 3.91. The summed E-state index contributed by atoms with van der Waals surface area (Å²) in [7, 11) is 0. The largest absolute Gasteiger partial charge is 0.436 e. The summed E-state index contributed by atoms with van der Waals surface area (Å²) in [5.74, 6) is 0.654. The summed E-state index contributed by atoms with van der Waals surface area (Å²) in [6, 6.07) is 13.5. The van der Waals surface area contributed by atoms with Gasteiger partial charge in [-0.2, -0.15) is 0 Å². The molecular formula is C21H21ClN2O2. The van der Waals surface area contributed by atoms with E-state index >= 15 is 0 Å². The topological polar surface area (TPSA) is 55.1 Å². The quantitative estimate of drug-likeness (QED) is 0.693. The lowest BCUT2D eigenvalue weighted by molar-refractivity contribution is -0.121. The van der Waals surface area contributed by atoms with Crippen molar-refractivity contribution in [1.82, 2.24) is 10.3 Å². The van der Waals surface area contributed by atoms with Crippen molar-refractivity contribution in [3.8, 4) is 11.5 Å². The van der Waals surface area contributed by atoms with Gasteiger partial charge in [0, 0.05) is 16.6 Å². The predicted octanol–water partition coefficient (Wildman–Crippen LogP) is 5.14. The molecule has 1 aromatic heterocycles. The van der Waals surface area contributed by atoms with Crippen molar-refractivity contribution >= 4 is 28.6 Å². The monoisotopic (exact) mass is 368 g/mol. The maximum atomic E-state index is 12.2. The Morgan fingerprint density at radius 2 is 1.88 bits per heavy atom. The van der Waals surface area contributed by atoms with Crippen molar-refractivity contribution in [2.24, 2.45) is 0 Å². The predicted molar refractivity (Wildman–Crippen MR) is 103 cm³/mol. The lowest BCUT2D eigenvalue weighted by Gasteiger charge is -2.22. The molecule has 26 heavy (non-hydrogen) atoms. The second-order valence-electron chi connectivity index (χ2n) is 6.91. The Balaban J connectivity index is 1.43. The summed E-state index contributed by atoms with van der Waals surface area (Å²) in [6.45, 7) is 0. The molecule has 1 aliphatic carbocycles. The van der Waals surface area contributed by atoms with E-state index in [1.807, 2.05) is 30.3 Å². The van der Waals surface area contributed by atoms with Crippen molar-refractivity contribution in [2.45, 2.75) is 44.6 Å². The van der Waals surface area contributed by atoms with Gasteiger partial charge in [0.05, 0.1) is 6.42 Å². The molecule has 4 rings (SSSR count). The second-order valence-corrected chi connectivity index (χ2v) is 7.34. The van der Waals surface area contributed by atoms with Crippen molar-refractivity contribution in [3.63, 3.8) is 0 Å². The first-order chi connectivity index (χ1) is 12.7. The zero-order chi connectivity index (χ0) is 17.9. The number of nitrogens with zero attached hydrogens (tertiary/aromatic N) is 1. The van der Waals surface area contributed by atoms with Gasteiger partial charge >= 0.3 is 0 Å². The van der Waals surface area contributed by atoms with E-state index < -0.39 is 0 Å². The lowest BCUT2D eigenvalue weighted by atomic mass is 9.95. The van der Waals surface area contributed by atoms with Crippen LogP contribution in [0, 0.1) is 0 Å². The molecule has 1 N–H and O–H groups in total. The van der Waals surface area contributed by atoms with Crippen LogP contribution >= 0.6 is 11.6 Å². The van der Waals surface area contributed by atoms with E-state index in [-0.39, 0.29) is 5.91 Å². The molecule has 0 radical (unpaired) electrons. The molecule has 0 spiro atoms. The molecule has 3 aromatic rings. The van der Waals surface area contributed by atoms with Crippen molar-refractivity contribution < 1.29 is 9.21 Å². The third-order valence-corrected chi connectivity index (χ3v) is 5.12. The maximum absolute atomic E-state index is 12.2. The molecule has 0 aliphatic heterocycles. The molecule has 1 amide bonds. The number of aromatic nitrogens is 1. The Labute approximate surface area is 157 Å². The molecule has 1 aliphatic rings. The molecule has 1 fully saturated rings. The molecule has 134 valence electrons. The molecule has 1 heterocycles. The van der Waals surface area contributed by atoms with Crippen LogP contribution in [0.3, 0.4) is 0 Å². The zero-order valence-electron chi connectivity index (χ0n) is 14.5. The minimum absolute atomic E-state index is 0.0983. The highest BCUT2D eigenvalue weighted by molar-refractivity contribution is 6.31. The van der Waals surface area contributed by atoms with E-state index in [9.17, 15) is 4.79 Å². The number of fused-ring (bicyclic) bond motifs is 1. The first kappa shape index (κ1) is 17.1. The summed E-state index contributed by atoms with van der Waals surface area (Å²) < 4.78 is 5.78. The Hall–Kier alpha value is -2.33. The van der Waals surface area contributed by atoms with Crippen molar-refractivity contribution in [2.75, 3.05) is 0 Å². The highest BCUT2D eigenvalue weighted by Crippen LogP contribution is 2.26. The number of halogens is 1. The lowest BCUT2D eigenvalue weighted by Crippen LogP contribution is -2.37. The summed E-state index contributed by atoms with van der Waals surface area (Å²) in [5, 5.41) is 3.79. The van der Waals surface area contributed by atoms with Crippen LogP contribution in [0.1, 0.15) is 37.7 Å². The van der Waals surface area contributed by atoms with Crippen molar-refractivity contribution in [3.05, 3.63) is 53.1 Å². The highest BCUT2D eigenvalue weighted by Gasteiger charge is 2.16. The van der Waals surface area contributed by atoms with Crippen LogP contribution in [-0.4, -0.2) is 16.9 Å². The van der Waals surface area contributed by atoms with Crippen LogP contribution in [0.15, 0.2) is 46.9 Å². The van der Waals surface area contributed by atoms with Gasteiger partial charge in [-0.1, -0.05) is 43.0 Å². The minimum Gasteiger partial charge on any atom is -0.436 e. The van der Waals surface area contributed by atoms with Crippen LogP contribution < -0.4 is 5.32 Å². The van der Waals surface area contributed by atoms with E-state index in [4.69, 9.17) is 16.0 Å². The number of nitrogens with one attached hydrogen (secondary N) is 1. The van der Waals surface area contributed by atoms with Gasteiger partial charge in [0.2, 0.25) is 11.8 Å². The van der Waals surface area contributed by atoms with Gasteiger partial charge in [0.15, 0.2) is 5.58 Å². The van der Waals surface area contributed by atoms with Crippen LogP contribution in [0.25, 0.3) is 22.6 Å². The van der Waals surface area contributed by atoms with Gasteiger partial charge in [-0.15, -0.1) is 0 Å². The molecular weight excluding hydrogens is 348 g/mol. The van der Waals surface area contributed by atoms with E-state index in [0.29, 0.717) is 29.0 Å². The van der Waals surface area contributed by atoms with Gasteiger partial charge in [0.1, 0.15) is 5.52 Å². The fourth-order valence-electron chi connectivity index (χ4n) is 3.50. The first-order valence-electron chi connectivity index (χ1n) is 9.12. The minimum atomic E-state index is 0.0983. The Kier molecular flexibility index (Phi) is 4.93. The van der Waals surface area contributed by atoms with Gasteiger partial charge in [-0.05, 0) is 48.7 Å². The summed E-state index contributed by atoms with van der Waals surface area (Å²) >= 11 is 5.99. The summed E-state index contributed by atoms with van der Waals surface area (Å²) in [5.41, 5.74) is 3.32. The first-order valence-corrected chi connectivity index (χ1v) is 9.50. The molecule has 0 bridgehead atoms. The van der Waals surface area contributed by atoms with Crippen LogP contribution in [-0.2, 0) is 11.2 Å². The number of benzene rings is 2. The molecule has 5 heteroatoms. The number of carbonyl (C=O) groups is 1. The summed E-state index contributed by atoms with van der Waals surface area (Å²) in [6.07, 6.45) is 6.33. The molecule has 0 saturated heterocycles. The number of hydrogen-bond acceptors (Lipinski definition) is 3. The Morgan fingerprint density at radius 3 is 2.65 bits per heavy atom. The number of amides is 1. The van der Waals surface area contributed by atoms with E-state index in [1.54, 1.807) is 12.1 Å². The SMILES string of the molecule is O=C(Cc1ccc(-c2nc3cc(Cl)ccc3o2)cc1)NC1CCCCC1. The van der Waals surface area contributed by atoms with Gasteiger partial charge < -0.3 is 9.73 Å². The second kappa shape index (κ2) is 7.50. The van der Waals surface area contributed by atoms with Gasteiger partial charge in [-0.3, -0.25) is 4.79 Å². The van der Waals surface area contributed by atoms with Gasteiger partial charge in [0.25, 0.3) is 0 Å². The molecule has 0 unspecified atom stereocenters. The Bertz CT molecular complexity index is 911. The smallest absolute Gasteiger partial charge is 0.227 e. The summed E-state index contributed by atoms with van der Waals surface area (Å²) in [4.78, 5) is 16.7. The number of hydrogen-bond donors (Lipinski definition) is 1. The third-order valence-electron chi connectivity index (χ3n) is 4.89. The fourth-order valence-corrected chi connectivity index (χ4v) is 3.67. The van der Waals surface area contributed by atoms with Gasteiger partial charge in [-0.25, -0.2) is 4.98 Å². The zero-order valence-corrected chi connectivity index (χ0v) is 15.3. The number of rotatable bonds is 4. The standard InChI is InChI=1S/C21H21ClN2O2/c22-16-10-11-19-18(13-16)24-21(26-19)15-8-6-14(7-9-15)12-20(25)23-17-4-2-1-3-5-17/h6-11,13,17H,1-5,12H2,(H,23,25). The molecule has 1 saturated carbocycles. The molecule has 0 atom stereocenters. The number of carbonyl (C=O) groups excluding carboxylic acids is 1. The van der Waals surface area contributed by atoms with E-state index in [0.717, 1.165) is 29.5 Å². The number of oxazole rings is 1. The van der Waals surface area contributed by atoms with Crippen molar-refractivity contribution in [1.29, 1.82) is 0 Å². The average molecular weight is 369 g/mol. The van der Waals surface area contributed by atoms with E-state index in [2.05, 4.69) is 10.3 Å². The van der Waals surface area contributed by atoms with Crippen LogP contribution in [0.2, 0.25) is 5.02 Å². The average Bonchev–Trinajstić information content (AvgIpc) is 3.06. The van der Waals surface area contributed by atoms with Crippen LogP contribution in [0.5, 0.6) is 0 Å².